The number of hydrogen-bond acceptors (Lipinski definition) is 2. The lowest BCUT2D eigenvalue weighted by Crippen LogP contribution is -2.03. The summed E-state index contributed by atoms with van der Waals surface area (Å²) >= 11 is 1.72. The van der Waals surface area contributed by atoms with E-state index in [1.54, 1.807) is 11.9 Å². The third kappa shape index (κ3) is 18.2. The molecule has 2 heteroatoms. The van der Waals surface area contributed by atoms with Crippen molar-refractivity contribution in [1.82, 2.24) is 4.72 Å². The fraction of sp³-hybridized carbons (Fsp3) is 1.00. The number of nitrogens with one attached hydrogen (secondary N) is 1. The van der Waals surface area contributed by atoms with Gasteiger partial charge >= 0.3 is 0 Å². The molecule has 0 radical (unpaired) electrons. The van der Waals surface area contributed by atoms with Gasteiger partial charge in [-0.25, -0.2) is 0 Å². The van der Waals surface area contributed by atoms with Gasteiger partial charge < -0.3 is 0 Å². The maximum absolute atomic E-state index is 3.26. The van der Waals surface area contributed by atoms with Crippen molar-refractivity contribution in [3.05, 3.63) is 0 Å². The Morgan fingerprint density at radius 3 is 2.07 bits per heavy atom. The van der Waals surface area contributed by atoms with Gasteiger partial charge in [-0.05, 0) is 18.6 Å². The van der Waals surface area contributed by atoms with Gasteiger partial charge in [0, 0.05) is 6.54 Å². The van der Waals surface area contributed by atoms with Crippen LogP contribution < -0.4 is 4.72 Å². The van der Waals surface area contributed by atoms with Crippen molar-refractivity contribution in [2.24, 2.45) is 5.92 Å². The van der Waals surface area contributed by atoms with E-state index in [1.807, 2.05) is 13.8 Å². The van der Waals surface area contributed by atoms with Crippen LogP contribution in [0.3, 0.4) is 0 Å². The van der Waals surface area contributed by atoms with Gasteiger partial charge in [0.1, 0.15) is 0 Å². The molecule has 0 aromatic rings. The number of hydrogen-bond donors (Lipinski definition) is 1. The molecule has 0 spiro atoms. The molecular weight excluding hydrogens is 190 g/mol. The first-order valence-electron chi connectivity index (χ1n) is 6.03. The van der Waals surface area contributed by atoms with Crippen molar-refractivity contribution in [3.63, 3.8) is 0 Å². The summed E-state index contributed by atoms with van der Waals surface area (Å²) in [5.41, 5.74) is 0. The summed E-state index contributed by atoms with van der Waals surface area (Å²) in [5, 5.41) is 0. The van der Waals surface area contributed by atoms with E-state index in [9.17, 15) is 0 Å². The van der Waals surface area contributed by atoms with Gasteiger partial charge in [0.2, 0.25) is 0 Å². The molecule has 0 bridgehead atoms. The quantitative estimate of drug-likeness (QED) is 0.477. The highest BCUT2D eigenvalue weighted by Crippen LogP contribution is 2.08. The van der Waals surface area contributed by atoms with Gasteiger partial charge in [-0.1, -0.05) is 65.3 Å². The zero-order valence-electron chi connectivity index (χ0n) is 10.7. The average molecular weight is 219 g/mol. The summed E-state index contributed by atoms with van der Waals surface area (Å²) in [4.78, 5) is 0. The zero-order chi connectivity index (χ0) is 11.2. The van der Waals surface area contributed by atoms with E-state index in [0.717, 1.165) is 5.92 Å². The van der Waals surface area contributed by atoms with Crippen molar-refractivity contribution in [2.45, 2.75) is 59.8 Å². The summed E-state index contributed by atoms with van der Waals surface area (Å²) in [6.45, 7) is 9.77. The molecule has 14 heavy (non-hydrogen) atoms. The van der Waals surface area contributed by atoms with Crippen LogP contribution in [-0.2, 0) is 0 Å². The Morgan fingerprint density at radius 1 is 1.00 bits per heavy atom. The third-order valence-electron chi connectivity index (χ3n) is 1.95. The van der Waals surface area contributed by atoms with E-state index in [-0.39, 0.29) is 0 Å². The van der Waals surface area contributed by atoms with Crippen LogP contribution in [0.15, 0.2) is 0 Å². The molecule has 0 saturated carbocycles. The van der Waals surface area contributed by atoms with Crippen molar-refractivity contribution < 1.29 is 0 Å². The predicted molar refractivity (Wildman–Crippen MR) is 70.8 cm³/mol. The Bertz CT molecular complexity index is 84.4. The fourth-order valence-corrected chi connectivity index (χ4v) is 1.55. The van der Waals surface area contributed by atoms with Crippen LogP contribution in [0.25, 0.3) is 0 Å². The molecule has 0 heterocycles. The molecule has 0 amide bonds. The second-order valence-corrected chi connectivity index (χ2v) is 4.39. The monoisotopic (exact) mass is 219 g/mol. The molecule has 0 aliphatic heterocycles. The Kier molecular flexibility index (Phi) is 18.8. The third-order valence-corrected chi connectivity index (χ3v) is 2.45. The smallest absolute Gasteiger partial charge is 0.00584 e. The van der Waals surface area contributed by atoms with Gasteiger partial charge in [-0.15, -0.1) is 0 Å². The highest BCUT2D eigenvalue weighted by Gasteiger charge is 1.93. The molecule has 0 aromatic carbocycles. The van der Waals surface area contributed by atoms with Crippen LogP contribution in [-0.4, -0.2) is 12.8 Å². The molecule has 0 rings (SSSR count). The van der Waals surface area contributed by atoms with Gasteiger partial charge in [-0.3, -0.25) is 4.72 Å². The maximum atomic E-state index is 3.26. The van der Waals surface area contributed by atoms with Crippen molar-refractivity contribution >= 4 is 11.9 Å². The minimum absolute atomic E-state index is 0.884. The van der Waals surface area contributed by atoms with Gasteiger partial charge in [0.15, 0.2) is 0 Å². The van der Waals surface area contributed by atoms with Crippen molar-refractivity contribution in [1.29, 1.82) is 0 Å². The van der Waals surface area contributed by atoms with Crippen LogP contribution in [0.5, 0.6) is 0 Å². The number of unbranched alkanes of at least 4 members (excludes halogenated alkanes) is 3. The Balaban J connectivity index is 0. The molecule has 88 valence electrons. The van der Waals surface area contributed by atoms with E-state index in [4.69, 9.17) is 0 Å². The predicted octanol–water partition coefficient (Wildman–Crippen LogP) is 4.49. The molecule has 0 atom stereocenters. The second-order valence-electron chi connectivity index (χ2n) is 3.70. The summed E-state index contributed by atoms with van der Waals surface area (Å²) in [6.07, 6.45) is 9.03. The van der Waals surface area contributed by atoms with Gasteiger partial charge in [0.25, 0.3) is 0 Å². The highest BCUT2D eigenvalue weighted by atomic mass is 32.2. The first-order valence-corrected chi connectivity index (χ1v) is 7.25. The lowest BCUT2D eigenvalue weighted by Gasteiger charge is -2.04. The molecule has 1 N–H and O–H groups in total. The lowest BCUT2D eigenvalue weighted by atomic mass is 10.0. The summed E-state index contributed by atoms with van der Waals surface area (Å²) in [5.74, 6) is 0.884. The molecular formula is C12H29NS. The zero-order valence-corrected chi connectivity index (χ0v) is 11.5. The van der Waals surface area contributed by atoms with E-state index in [0.29, 0.717) is 0 Å². The summed E-state index contributed by atoms with van der Waals surface area (Å²) in [6, 6.07) is 0. The van der Waals surface area contributed by atoms with Crippen LogP contribution in [0, 0.1) is 5.92 Å². The average Bonchev–Trinajstić information content (AvgIpc) is 2.19. The normalized spacial score (nSPS) is 9.86. The maximum Gasteiger partial charge on any atom is 0.00584 e. The standard InChI is InChI=1S/C10H23NS.C2H6/c1-10(2)8-6-4-5-7-9-11-12-3;1-2/h10-11H,4-9H2,1-3H3;1-2H3. The van der Waals surface area contributed by atoms with Crippen LogP contribution in [0.2, 0.25) is 0 Å². The SMILES string of the molecule is CC.CSNCCCCCCC(C)C. The molecule has 0 fully saturated rings. The van der Waals surface area contributed by atoms with Gasteiger partial charge in [0.05, 0.1) is 0 Å². The molecule has 0 aromatic heterocycles. The lowest BCUT2D eigenvalue weighted by molar-refractivity contribution is 0.520. The van der Waals surface area contributed by atoms with E-state index in [2.05, 4.69) is 24.8 Å². The molecule has 0 aliphatic rings. The molecule has 0 unspecified atom stereocenters. The highest BCUT2D eigenvalue weighted by molar-refractivity contribution is 7.96. The van der Waals surface area contributed by atoms with Crippen molar-refractivity contribution in [3.8, 4) is 0 Å². The van der Waals surface area contributed by atoms with Gasteiger partial charge in [-0.2, -0.15) is 0 Å². The first-order chi connectivity index (χ1) is 6.77. The van der Waals surface area contributed by atoms with E-state index in [1.165, 1.54) is 38.6 Å². The minimum atomic E-state index is 0.884. The first kappa shape index (κ1) is 16.7. The van der Waals surface area contributed by atoms with E-state index >= 15 is 0 Å². The summed E-state index contributed by atoms with van der Waals surface area (Å²) < 4.78 is 3.26. The summed E-state index contributed by atoms with van der Waals surface area (Å²) in [7, 11) is 0. The molecule has 1 nitrogen and oxygen atoms in total. The van der Waals surface area contributed by atoms with Crippen LogP contribution >= 0.6 is 11.9 Å². The van der Waals surface area contributed by atoms with Crippen molar-refractivity contribution in [2.75, 3.05) is 12.8 Å². The Morgan fingerprint density at radius 2 is 1.57 bits per heavy atom. The molecule has 0 saturated heterocycles. The largest absolute Gasteiger partial charge is 0.264 e. The van der Waals surface area contributed by atoms with Crippen LogP contribution in [0.4, 0.5) is 0 Å². The van der Waals surface area contributed by atoms with Crippen LogP contribution in [0.1, 0.15) is 59.8 Å². The molecule has 0 aliphatic carbocycles. The van der Waals surface area contributed by atoms with E-state index < -0.39 is 0 Å². The fourth-order valence-electron chi connectivity index (χ4n) is 1.21. The number of rotatable bonds is 8. The topological polar surface area (TPSA) is 12.0 Å². The second kappa shape index (κ2) is 15.8. The minimum Gasteiger partial charge on any atom is -0.264 e. The Labute approximate surface area is 95.6 Å². The Hall–Kier alpha value is 0.310.